The zero-order valence-electron chi connectivity index (χ0n) is 14.0. The van der Waals surface area contributed by atoms with Gasteiger partial charge in [0.1, 0.15) is 0 Å². The SMILES string of the molecule is O=[N+]([O-])c1ccc(-c2ccc([N+](=O)[O-])cc2NCc2ccccc2)c(Br)c1. The number of rotatable bonds is 6. The molecule has 7 nitrogen and oxygen atoms in total. The van der Waals surface area contributed by atoms with Gasteiger partial charge in [-0.2, -0.15) is 0 Å². The summed E-state index contributed by atoms with van der Waals surface area (Å²) in [5.74, 6) is 0. The van der Waals surface area contributed by atoms with Crippen LogP contribution in [0.2, 0.25) is 0 Å². The molecule has 3 rings (SSSR count). The van der Waals surface area contributed by atoms with E-state index in [1.165, 1.54) is 24.3 Å². The van der Waals surface area contributed by atoms with Crippen molar-refractivity contribution in [1.82, 2.24) is 0 Å². The van der Waals surface area contributed by atoms with Crippen LogP contribution >= 0.6 is 15.9 Å². The molecule has 3 aromatic rings. The molecule has 0 atom stereocenters. The van der Waals surface area contributed by atoms with Gasteiger partial charge in [0.15, 0.2) is 0 Å². The molecule has 0 fully saturated rings. The fourth-order valence-electron chi connectivity index (χ4n) is 2.66. The number of nitro groups is 2. The first-order chi connectivity index (χ1) is 13.0. The highest BCUT2D eigenvalue weighted by molar-refractivity contribution is 9.10. The molecule has 0 aliphatic carbocycles. The molecule has 0 saturated carbocycles. The first-order valence-corrected chi connectivity index (χ1v) is 8.75. The van der Waals surface area contributed by atoms with Crippen LogP contribution in [0.5, 0.6) is 0 Å². The monoisotopic (exact) mass is 427 g/mol. The predicted molar refractivity (Wildman–Crippen MR) is 107 cm³/mol. The lowest BCUT2D eigenvalue weighted by molar-refractivity contribution is -0.385. The topological polar surface area (TPSA) is 98.3 Å². The Morgan fingerprint density at radius 1 is 0.815 bits per heavy atom. The molecule has 1 N–H and O–H groups in total. The highest BCUT2D eigenvalue weighted by Gasteiger charge is 2.16. The largest absolute Gasteiger partial charge is 0.380 e. The Hall–Kier alpha value is -3.26. The van der Waals surface area contributed by atoms with E-state index in [1.54, 1.807) is 12.1 Å². The van der Waals surface area contributed by atoms with Crippen LogP contribution in [0.4, 0.5) is 17.1 Å². The van der Waals surface area contributed by atoms with Gasteiger partial charge < -0.3 is 5.32 Å². The summed E-state index contributed by atoms with van der Waals surface area (Å²) in [6, 6.07) is 18.6. The minimum Gasteiger partial charge on any atom is -0.380 e. The second kappa shape index (κ2) is 7.96. The van der Waals surface area contributed by atoms with Gasteiger partial charge in [-0.25, -0.2) is 0 Å². The van der Waals surface area contributed by atoms with Gasteiger partial charge in [-0.15, -0.1) is 0 Å². The van der Waals surface area contributed by atoms with Gasteiger partial charge in [0, 0.05) is 46.5 Å². The Morgan fingerprint density at radius 2 is 1.41 bits per heavy atom. The van der Waals surface area contributed by atoms with E-state index in [0.717, 1.165) is 5.56 Å². The van der Waals surface area contributed by atoms with Crippen molar-refractivity contribution in [3.8, 4) is 11.1 Å². The van der Waals surface area contributed by atoms with Crippen molar-refractivity contribution in [2.75, 3.05) is 5.32 Å². The van der Waals surface area contributed by atoms with E-state index >= 15 is 0 Å². The number of nitrogens with one attached hydrogen (secondary N) is 1. The Morgan fingerprint density at radius 3 is 2.00 bits per heavy atom. The van der Waals surface area contributed by atoms with E-state index in [4.69, 9.17) is 0 Å². The predicted octanol–water partition coefficient (Wildman–Crippen LogP) is 5.54. The molecule has 8 heteroatoms. The number of halogens is 1. The maximum Gasteiger partial charge on any atom is 0.271 e. The zero-order valence-corrected chi connectivity index (χ0v) is 15.5. The summed E-state index contributed by atoms with van der Waals surface area (Å²) in [7, 11) is 0. The summed E-state index contributed by atoms with van der Waals surface area (Å²) in [6.07, 6.45) is 0. The molecule has 0 spiro atoms. The van der Waals surface area contributed by atoms with Crippen molar-refractivity contribution in [2.24, 2.45) is 0 Å². The van der Waals surface area contributed by atoms with Crippen molar-refractivity contribution in [3.05, 3.63) is 97.0 Å². The molecule has 0 aliphatic rings. The number of nitrogens with zero attached hydrogens (tertiary/aromatic N) is 2. The summed E-state index contributed by atoms with van der Waals surface area (Å²) >= 11 is 3.36. The first-order valence-electron chi connectivity index (χ1n) is 7.96. The molecule has 27 heavy (non-hydrogen) atoms. The third kappa shape index (κ3) is 4.29. The van der Waals surface area contributed by atoms with Gasteiger partial charge in [0.2, 0.25) is 0 Å². The van der Waals surface area contributed by atoms with Crippen molar-refractivity contribution >= 4 is 33.0 Å². The molecular weight excluding hydrogens is 414 g/mol. The molecule has 0 heterocycles. The smallest absolute Gasteiger partial charge is 0.271 e. The van der Waals surface area contributed by atoms with Crippen molar-refractivity contribution < 1.29 is 9.85 Å². The molecule has 136 valence electrons. The minimum atomic E-state index is -0.473. The number of benzene rings is 3. The summed E-state index contributed by atoms with van der Waals surface area (Å²) < 4.78 is 0.535. The van der Waals surface area contributed by atoms with E-state index in [1.807, 2.05) is 30.3 Å². The fourth-order valence-corrected chi connectivity index (χ4v) is 3.24. The van der Waals surface area contributed by atoms with Crippen molar-refractivity contribution in [1.29, 1.82) is 0 Å². The summed E-state index contributed by atoms with van der Waals surface area (Å²) in [5.41, 5.74) is 2.93. The Labute approximate surface area is 163 Å². The number of anilines is 1. The first kappa shape index (κ1) is 18.5. The van der Waals surface area contributed by atoms with Crippen LogP contribution in [0, 0.1) is 20.2 Å². The van der Waals surface area contributed by atoms with E-state index in [2.05, 4.69) is 21.2 Å². The Balaban J connectivity index is 2.01. The van der Waals surface area contributed by atoms with Gasteiger partial charge in [0.05, 0.1) is 9.85 Å². The number of hydrogen-bond acceptors (Lipinski definition) is 5. The summed E-state index contributed by atoms with van der Waals surface area (Å²) in [4.78, 5) is 21.2. The lowest BCUT2D eigenvalue weighted by Gasteiger charge is -2.14. The summed E-state index contributed by atoms with van der Waals surface area (Å²) in [6.45, 7) is 0.486. The summed E-state index contributed by atoms with van der Waals surface area (Å²) in [5, 5.41) is 25.3. The minimum absolute atomic E-state index is 0.0349. The fraction of sp³-hybridized carbons (Fsp3) is 0.0526. The highest BCUT2D eigenvalue weighted by Crippen LogP contribution is 2.37. The Kier molecular flexibility index (Phi) is 5.46. The average Bonchev–Trinajstić information content (AvgIpc) is 2.67. The molecule has 0 aromatic heterocycles. The third-order valence-electron chi connectivity index (χ3n) is 3.99. The zero-order chi connectivity index (χ0) is 19.4. The maximum absolute atomic E-state index is 11.2. The highest BCUT2D eigenvalue weighted by atomic mass is 79.9. The Bertz CT molecular complexity index is 1010. The maximum atomic E-state index is 11.2. The van der Waals surface area contributed by atoms with Crippen LogP contribution in [0.25, 0.3) is 11.1 Å². The molecule has 3 aromatic carbocycles. The lowest BCUT2D eigenvalue weighted by atomic mass is 10.0. The van der Waals surface area contributed by atoms with Crippen LogP contribution in [0.1, 0.15) is 5.56 Å². The number of hydrogen-bond donors (Lipinski definition) is 1. The molecule has 0 amide bonds. The van der Waals surface area contributed by atoms with Crippen molar-refractivity contribution in [2.45, 2.75) is 6.54 Å². The standard InChI is InChI=1S/C19H14BrN3O4/c20-18-10-14(22(24)25)6-8-16(18)17-9-7-15(23(26)27)11-19(17)21-12-13-4-2-1-3-5-13/h1-11,21H,12H2. The molecule has 0 aliphatic heterocycles. The second-order valence-electron chi connectivity index (χ2n) is 5.75. The normalized spacial score (nSPS) is 10.4. The van der Waals surface area contributed by atoms with Crippen LogP contribution in [-0.4, -0.2) is 9.85 Å². The van der Waals surface area contributed by atoms with Crippen LogP contribution < -0.4 is 5.32 Å². The van der Waals surface area contributed by atoms with Gasteiger partial charge >= 0.3 is 0 Å². The van der Waals surface area contributed by atoms with Crippen molar-refractivity contribution in [3.63, 3.8) is 0 Å². The van der Waals surface area contributed by atoms with Crippen LogP contribution in [0.15, 0.2) is 71.2 Å². The van der Waals surface area contributed by atoms with Gasteiger partial charge in [-0.3, -0.25) is 20.2 Å². The lowest BCUT2D eigenvalue weighted by Crippen LogP contribution is -2.02. The molecule has 0 saturated heterocycles. The number of nitro benzene ring substituents is 2. The van der Waals surface area contributed by atoms with Gasteiger partial charge in [-0.1, -0.05) is 30.3 Å². The second-order valence-corrected chi connectivity index (χ2v) is 6.60. The van der Waals surface area contributed by atoms with E-state index < -0.39 is 9.85 Å². The molecular formula is C19H14BrN3O4. The van der Waals surface area contributed by atoms with E-state index in [9.17, 15) is 20.2 Å². The van der Waals surface area contributed by atoms with Gasteiger partial charge in [0.25, 0.3) is 11.4 Å². The third-order valence-corrected chi connectivity index (χ3v) is 4.65. The molecule has 0 radical (unpaired) electrons. The van der Waals surface area contributed by atoms with E-state index in [-0.39, 0.29) is 11.4 Å². The van der Waals surface area contributed by atoms with Gasteiger partial charge in [-0.05, 0) is 39.2 Å². The quantitative estimate of drug-likeness (QED) is 0.410. The van der Waals surface area contributed by atoms with Crippen LogP contribution in [0.3, 0.4) is 0 Å². The number of non-ortho nitro benzene ring substituents is 2. The average molecular weight is 428 g/mol. The molecule has 0 bridgehead atoms. The van der Waals surface area contributed by atoms with E-state index in [0.29, 0.717) is 27.8 Å². The molecule has 0 unspecified atom stereocenters. The van der Waals surface area contributed by atoms with Crippen LogP contribution in [-0.2, 0) is 6.54 Å².